The van der Waals surface area contributed by atoms with Gasteiger partial charge >= 0.3 is 6.18 Å². The van der Waals surface area contributed by atoms with Crippen LogP contribution in [0.15, 0.2) is 17.2 Å². The van der Waals surface area contributed by atoms with Gasteiger partial charge in [-0.3, -0.25) is 4.79 Å². The third kappa shape index (κ3) is 3.40. The molecule has 5 nitrogen and oxygen atoms in total. The third-order valence-electron chi connectivity index (χ3n) is 5.04. The molecule has 0 aromatic heterocycles. The van der Waals surface area contributed by atoms with Gasteiger partial charge in [-0.1, -0.05) is 18.0 Å². The molecule has 1 aromatic carbocycles. The van der Waals surface area contributed by atoms with E-state index in [1.54, 1.807) is 26.0 Å². The van der Waals surface area contributed by atoms with Crippen molar-refractivity contribution < 1.29 is 27.8 Å². The number of hydrazone groups is 1. The minimum Gasteiger partial charge on any atom is -0.484 e. The van der Waals surface area contributed by atoms with Gasteiger partial charge in [-0.15, -0.1) is 0 Å². The van der Waals surface area contributed by atoms with Crippen LogP contribution >= 0.6 is 11.6 Å². The van der Waals surface area contributed by atoms with Crippen LogP contribution in [-0.2, 0) is 4.79 Å². The Morgan fingerprint density at radius 1 is 1.37 bits per heavy atom. The molecule has 1 saturated carbocycles. The number of aliphatic hydroxyl groups is 1. The van der Waals surface area contributed by atoms with Crippen molar-refractivity contribution in [1.29, 1.82) is 0 Å². The minimum atomic E-state index is -5.02. The van der Waals surface area contributed by atoms with Crippen LogP contribution in [-0.4, -0.2) is 40.2 Å². The van der Waals surface area contributed by atoms with Gasteiger partial charge in [-0.05, 0) is 56.4 Å². The van der Waals surface area contributed by atoms with E-state index in [1.165, 1.54) is 0 Å². The molecule has 27 heavy (non-hydrogen) atoms. The number of halogens is 4. The van der Waals surface area contributed by atoms with Gasteiger partial charge in [-0.2, -0.15) is 23.3 Å². The van der Waals surface area contributed by atoms with Crippen molar-refractivity contribution in [2.24, 2.45) is 11.0 Å². The molecular formula is C18H20ClF3N2O3. The Balaban J connectivity index is 1.81. The number of hydrogen-bond donors (Lipinski definition) is 1. The molecule has 0 saturated heterocycles. The standard InChI is InChI=1S/C18H20ClF3N2O3/c1-10-7-12(8-11(2)16(10)19)27-9-15(25)24-17(26,18(20,21)22)13-5-3-4-6-14(13)23-24/h7-8,13,26H,3-6,9H2,1-2H3/t13-,17+/m1/s1. The zero-order chi connectivity index (χ0) is 20.0. The summed E-state index contributed by atoms with van der Waals surface area (Å²) in [4.78, 5) is 12.5. The predicted octanol–water partition coefficient (Wildman–Crippen LogP) is 3.97. The van der Waals surface area contributed by atoms with Crippen molar-refractivity contribution in [3.05, 3.63) is 28.3 Å². The van der Waals surface area contributed by atoms with Crippen LogP contribution in [0.5, 0.6) is 5.75 Å². The normalized spacial score (nSPS) is 25.2. The lowest BCUT2D eigenvalue weighted by Gasteiger charge is -2.38. The van der Waals surface area contributed by atoms with Crippen molar-refractivity contribution in [3.63, 3.8) is 0 Å². The van der Waals surface area contributed by atoms with Crippen molar-refractivity contribution in [3.8, 4) is 5.75 Å². The third-order valence-corrected chi connectivity index (χ3v) is 5.64. The number of alkyl halides is 3. The first-order chi connectivity index (χ1) is 12.6. The highest BCUT2D eigenvalue weighted by atomic mass is 35.5. The average Bonchev–Trinajstić information content (AvgIpc) is 2.92. The smallest absolute Gasteiger partial charge is 0.439 e. The Morgan fingerprint density at radius 3 is 2.59 bits per heavy atom. The maximum Gasteiger partial charge on any atom is 0.439 e. The molecule has 148 valence electrons. The molecule has 0 unspecified atom stereocenters. The quantitative estimate of drug-likeness (QED) is 0.829. The second-order valence-electron chi connectivity index (χ2n) is 6.98. The summed E-state index contributed by atoms with van der Waals surface area (Å²) < 4.78 is 46.4. The van der Waals surface area contributed by atoms with Gasteiger partial charge in [0.2, 0.25) is 0 Å². The lowest BCUT2D eigenvalue weighted by Crippen LogP contribution is -2.62. The number of amides is 1. The van der Waals surface area contributed by atoms with Crippen LogP contribution in [0, 0.1) is 19.8 Å². The van der Waals surface area contributed by atoms with E-state index in [9.17, 15) is 23.1 Å². The van der Waals surface area contributed by atoms with E-state index < -0.39 is 30.3 Å². The summed E-state index contributed by atoms with van der Waals surface area (Å²) >= 11 is 6.07. The molecule has 1 aliphatic carbocycles. The van der Waals surface area contributed by atoms with Gasteiger partial charge in [0.05, 0.1) is 5.92 Å². The molecule has 3 rings (SSSR count). The monoisotopic (exact) mass is 404 g/mol. The number of hydrogen-bond acceptors (Lipinski definition) is 4. The lowest BCUT2D eigenvalue weighted by molar-refractivity contribution is -0.317. The number of fused-ring (bicyclic) bond motifs is 1. The molecule has 1 N–H and O–H groups in total. The lowest BCUT2D eigenvalue weighted by atomic mass is 9.80. The molecule has 1 aliphatic heterocycles. The SMILES string of the molecule is Cc1cc(OCC(=O)N2N=C3CCCC[C@H]3[C@]2(O)C(F)(F)F)cc(C)c1Cl. The molecule has 1 fully saturated rings. The summed E-state index contributed by atoms with van der Waals surface area (Å²) in [5.74, 6) is -1.97. The second-order valence-corrected chi connectivity index (χ2v) is 7.36. The van der Waals surface area contributed by atoms with Gasteiger partial charge in [0, 0.05) is 10.7 Å². The zero-order valence-corrected chi connectivity index (χ0v) is 15.7. The van der Waals surface area contributed by atoms with Crippen LogP contribution in [0.2, 0.25) is 5.02 Å². The van der Waals surface area contributed by atoms with E-state index in [0.29, 0.717) is 30.0 Å². The number of ether oxygens (including phenoxy) is 1. The molecule has 0 radical (unpaired) electrons. The maximum atomic E-state index is 13.7. The summed E-state index contributed by atoms with van der Waals surface area (Å²) in [6.45, 7) is 2.83. The van der Waals surface area contributed by atoms with Gasteiger partial charge in [0.15, 0.2) is 6.61 Å². The van der Waals surface area contributed by atoms with Gasteiger partial charge in [-0.25, -0.2) is 0 Å². The first-order valence-electron chi connectivity index (χ1n) is 8.64. The van der Waals surface area contributed by atoms with E-state index in [-0.39, 0.29) is 17.1 Å². The van der Waals surface area contributed by atoms with E-state index in [0.717, 1.165) is 11.1 Å². The van der Waals surface area contributed by atoms with Crippen LogP contribution in [0.25, 0.3) is 0 Å². The number of nitrogens with zero attached hydrogens (tertiary/aromatic N) is 2. The summed E-state index contributed by atoms with van der Waals surface area (Å²) in [6, 6.07) is 3.18. The molecule has 1 aromatic rings. The number of carbonyl (C=O) groups is 1. The van der Waals surface area contributed by atoms with E-state index in [2.05, 4.69) is 5.10 Å². The summed E-state index contributed by atoms with van der Waals surface area (Å²) in [5, 5.41) is 15.0. The summed E-state index contributed by atoms with van der Waals surface area (Å²) in [6.07, 6.45) is -3.32. The highest BCUT2D eigenvalue weighted by Gasteiger charge is 2.68. The molecule has 0 bridgehead atoms. The Kier molecular flexibility index (Phi) is 5.16. The van der Waals surface area contributed by atoms with Crippen LogP contribution in [0.1, 0.15) is 36.8 Å². The van der Waals surface area contributed by atoms with Crippen molar-refractivity contribution in [2.45, 2.75) is 51.4 Å². The molecule has 9 heteroatoms. The first kappa shape index (κ1) is 19.9. The fourth-order valence-electron chi connectivity index (χ4n) is 3.66. The van der Waals surface area contributed by atoms with Gasteiger partial charge < -0.3 is 9.84 Å². The first-order valence-corrected chi connectivity index (χ1v) is 9.02. The highest BCUT2D eigenvalue weighted by Crippen LogP contribution is 2.48. The largest absolute Gasteiger partial charge is 0.484 e. The summed E-state index contributed by atoms with van der Waals surface area (Å²) in [5.41, 5.74) is -1.67. The minimum absolute atomic E-state index is 0.134. The Hall–Kier alpha value is -1.80. The Bertz CT molecular complexity index is 774. The number of rotatable bonds is 3. The number of aryl methyl sites for hydroxylation is 2. The van der Waals surface area contributed by atoms with Crippen LogP contribution < -0.4 is 4.74 Å². The molecule has 1 heterocycles. The van der Waals surface area contributed by atoms with E-state index in [4.69, 9.17) is 16.3 Å². The topological polar surface area (TPSA) is 62.1 Å². The summed E-state index contributed by atoms with van der Waals surface area (Å²) in [7, 11) is 0. The zero-order valence-electron chi connectivity index (χ0n) is 14.9. The van der Waals surface area contributed by atoms with Gasteiger partial charge in [0.25, 0.3) is 11.6 Å². The Morgan fingerprint density at radius 2 is 2.00 bits per heavy atom. The predicted molar refractivity (Wildman–Crippen MR) is 93.7 cm³/mol. The maximum absolute atomic E-state index is 13.7. The molecule has 0 spiro atoms. The molecule has 1 amide bonds. The van der Waals surface area contributed by atoms with E-state index >= 15 is 0 Å². The van der Waals surface area contributed by atoms with Crippen molar-refractivity contribution in [1.82, 2.24) is 5.01 Å². The second kappa shape index (κ2) is 6.98. The van der Waals surface area contributed by atoms with Crippen molar-refractivity contribution in [2.75, 3.05) is 6.61 Å². The van der Waals surface area contributed by atoms with Gasteiger partial charge in [0.1, 0.15) is 5.75 Å². The molecule has 2 atom stereocenters. The number of benzene rings is 1. The fraction of sp³-hybridized carbons (Fsp3) is 0.556. The van der Waals surface area contributed by atoms with Crippen LogP contribution in [0.3, 0.4) is 0 Å². The van der Waals surface area contributed by atoms with E-state index in [1.807, 2.05) is 0 Å². The Labute approximate surface area is 159 Å². The molecular weight excluding hydrogens is 385 g/mol. The highest BCUT2D eigenvalue weighted by molar-refractivity contribution is 6.32. The number of carbonyl (C=O) groups excluding carboxylic acids is 1. The molecule has 2 aliphatic rings. The average molecular weight is 405 g/mol. The van der Waals surface area contributed by atoms with Crippen LogP contribution in [0.4, 0.5) is 13.2 Å². The van der Waals surface area contributed by atoms with Crippen molar-refractivity contribution >= 4 is 23.2 Å². The fourth-order valence-corrected chi connectivity index (χ4v) is 3.77.